The van der Waals surface area contributed by atoms with Gasteiger partial charge in [-0.1, -0.05) is 27.7 Å². The van der Waals surface area contributed by atoms with Gasteiger partial charge in [0, 0.05) is 12.0 Å². The van der Waals surface area contributed by atoms with Crippen LogP contribution in [0.1, 0.15) is 39.7 Å². The Balaban J connectivity index is 3.03. The van der Waals surface area contributed by atoms with Gasteiger partial charge in [-0.3, -0.25) is 4.79 Å². The molecule has 0 amide bonds. The third-order valence-corrected chi connectivity index (χ3v) is 2.30. The van der Waals surface area contributed by atoms with E-state index in [-0.39, 0.29) is 17.1 Å². The molecule has 0 heterocycles. The minimum atomic E-state index is -0.273. The Bertz CT molecular complexity index is 389. The second kappa shape index (κ2) is 4.56. The van der Waals surface area contributed by atoms with Crippen LogP contribution in [0.3, 0.4) is 0 Å². The topological polar surface area (TPSA) is 46.5 Å². The first kappa shape index (κ1) is 12.6. The first-order valence-corrected chi connectivity index (χ1v) is 5.38. The summed E-state index contributed by atoms with van der Waals surface area (Å²) in [6.07, 6.45) is 0.339. The molecule has 1 aromatic rings. The fourth-order valence-electron chi connectivity index (χ4n) is 1.38. The second-order valence-corrected chi connectivity index (χ2v) is 4.76. The van der Waals surface area contributed by atoms with Gasteiger partial charge in [-0.15, -0.1) is 0 Å². The second-order valence-electron chi connectivity index (χ2n) is 4.76. The summed E-state index contributed by atoms with van der Waals surface area (Å²) in [6.45, 7) is 7.72. The number of hydrogen-bond donors (Lipinski definition) is 1. The molecule has 1 rings (SSSR count). The number of rotatable bonds is 2. The van der Waals surface area contributed by atoms with E-state index in [1.807, 2.05) is 20.8 Å². The molecule has 16 heavy (non-hydrogen) atoms. The molecule has 0 bridgehead atoms. The lowest BCUT2D eigenvalue weighted by atomic mass is 9.86. The Hall–Kier alpha value is -1.51. The van der Waals surface area contributed by atoms with Gasteiger partial charge in [0.2, 0.25) is 0 Å². The van der Waals surface area contributed by atoms with Crippen molar-refractivity contribution in [3.8, 4) is 11.5 Å². The first-order valence-electron chi connectivity index (χ1n) is 5.38. The lowest BCUT2D eigenvalue weighted by Gasteiger charge is -2.20. The summed E-state index contributed by atoms with van der Waals surface area (Å²) in [5.74, 6) is 0.434. The molecule has 0 unspecified atom stereocenters. The molecule has 0 spiro atoms. The molecule has 0 aliphatic rings. The standard InChI is InChI=1S/C13H18O3/c1-5-12(15)16-9-6-7-11(14)10(8-9)13(2,3)4/h6-8,14H,5H2,1-4H3. The number of phenols is 1. The van der Waals surface area contributed by atoms with Crippen molar-refractivity contribution in [3.05, 3.63) is 23.8 Å². The number of ether oxygens (including phenoxy) is 1. The largest absolute Gasteiger partial charge is 0.508 e. The van der Waals surface area contributed by atoms with Crippen LogP contribution < -0.4 is 4.74 Å². The van der Waals surface area contributed by atoms with E-state index < -0.39 is 0 Å². The van der Waals surface area contributed by atoms with E-state index >= 15 is 0 Å². The van der Waals surface area contributed by atoms with Crippen LogP contribution in [0.2, 0.25) is 0 Å². The molecule has 3 nitrogen and oxygen atoms in total. The number of esters is 1. The fourth-order valence-corrected chi connectivity index (χ4v) is 1.38. The molecule has 0 aliphatic carbocycles. The number of hydrogen-bond acceptors (Lipinski definition) is 3. The van der Waals surface area contributed by atoms with Gasteiger partial charge >= 0.3 is 5.97 Å². The van der Waals surface area contributed by atoms with Crippen molar-refractivity contribution >= 4 is 5.97 Å². The highest BCUT2D eigenvalue weighted by molar-refractivity contribution is 5.72. The summed E-state index contributed by atoms with van der Waals surface area (Å²) in [5.41, 5.74) is 0.590. The maximum absolute atomic E-state index is 11.1. The molecular formula is C13H18O3. The van der Waals surface area contributed by atoms with E-state index in [9.17, 15) is 9.90 Å². The van der Waals surface area contributed by atoms with Crippen LogP contribution in [0.15, 0.2) is 18.2 Å². The summed E-state index contributed by atoms with van der Waals surface area (Å²) >= 11 is 0. The molecule has 3 heteroatoms. The molecule has 0 atom stereocenters. The molecule has 0 aromatic heterocycles. The SMILES string of the molecule is CCC(=O)Oc1ccc(O)c(C(C)(C)C)c1. The zero-order valence-electron chi connectivity index (χ0n) is 10.2. The van der Waals surface area contributed by atoms with Gasteiger partial charge < -0.3 is 9.84 Å². The molecule has 0 fully saturated rings. The third-order valence-electron chi connectivity index (χ3n) is 2.30. The minimum Gasteiger partial charge on any atom is -0.508 e. The zero-order chi connectivity index (χ0) is 12.3. The smallest absolute Gasteiger partial charge is 0.310 e. The van der Waals surface area contributed by atoms with Crippen LogP contribution in [0.4, 0.5) is 0 Å². The lowest BCUT2D eigenvalue weighted by Crippen LogP contribution is -2.12. The van der Waals surface area contributed by atoms with Crippen LogP contribution in [0.5, 0.6) is 11.5 Å². The fraction of sp³-hybridized carbons (Fsp3) is 0.462. The van der Waals surface area contributed by atoms with Gasteiger partial charge in [-0.05, 0) is 23.6 Å². The quantitative estimate of drug-likeness (QED) is 0.618. The highest BCUT2D eigenvalue weighted by Gasteiger charge is 2.19. The van der Waals surface area contributed by atoms with Gasteiger partial charge in [0.1, 0.15) is 11.5 Å². The molecule has 1 N–H and O–H groups in total. The highest BCUT2D eigenvalue weighted by Crippen LogP contribution is 2.33. The average molecular weight is 222 g/mol. The van der Waals surface area contributed by atoms with Crippen LogP contribution in [-0.2, 0) is 10.2 Å². The number of phenolic OH excluding ortho intramolecular Hbond substituents is 1. The number of carbonyl (C=O) groups excluding carboxylic acids is 1. The van der Waals surface area contributed by atoms with Crippen molar-refractivity contribution in [2.75, 3.05) is 0 Å². The molecule has 0 radical (unpaired) electrons. The number of benzene rings is 1. The van der Waals surface area contributed by atoms with Gasteiger partial charge in [-0.2, -0.15) is 0 Å². The summed E-state index contributed by atoms with van der Waals surface area (Å²) in [6, 6.07) is 4.86. The molecule has 0 saturated heterocycles. The van der Waals surface area contributed by atoms with E-state index in [0.717, 1.165) is 5.56 Å². The van der Waals surface area contributed by atoms with E-state index in [0.29, 0.717) is 12.2 Å². The summed E-state index contributed by atoms with van der Waals surface area (Å²) in [4.78, 5) is 11.1. The highest BCUT2D eigenvalue weighted by atomic mass is 16.5. The predicted molar refractivity (Wildman–Crippen MR) is 62.7 cm³/mol. The Labute approximate surface area is 96.1 Å². The maximum atomic E-state index is 11.1. The molecule has 0 saturated carbocycles. The van der Waals surface area contributed by atoms with Crippen molar-refractivity contribution in [3.63, 3.8) is 0 Å². The molecule has 0 aliphatic heterocycles. The van der Waals surface area contributed by atoms with E-state index in [4.69, 9.17) is 4.74 Å². The monoisotopic (exact) mass is 222 g/mol. The van der Waals surface area contributed by atoms with E-state index in [2.05, 4.69) is 0 Å². The number of carbonyl (C=O) groups is 1. The Morgan fingerprint density at radius 3 is 2.50 bits per heavy atom. The maximum Gasteiger partial charge on any atom is 0.310 e. The molecule has 1 aromatic carbocycles. The molecular weight excluding hydrogens is 204 g/mol. The van der Waals surface area contributed by atoms with Crippen molar-refractivity contribution < 1.29 is 14.6 Å². The van der Waals surface area contributed by atoms with Gasteiger partial charge in [0.15, 0.2) is 0 Å². The number of aromatic hydroxyl groups is 1. The predicted octanol–water partition coefficient (Wildman–Crippen LogP) is 3.01. The van der Waals surface area contributed by atoms with Crippen LogP contribution in [0.25, 0.3) is 0 Å². The normalized spacial score (nSPS) is 11.2. The molecule has 88 valence electrons. The van der Waals surface area contributed by atoms with Crippen LogP contribution in [-0.4, -0.2) is 11.1 Å². The Morgan fingerprint density at radius 1 is 1.38 bits per heavy atom. The van der Waals surface area contributed by atoms with Crippen molar-refractivity contribution in [2.45, 2.75) is 39.5 Å². The zero-order valence-corrected chi connectivity index (χ0v) is 10.2. The van der Waals surface area contributed by atoms with E-state index in [1.165, 1.54) is 0 Å². The van der Waals surface area contributed by atoms with Crippen LogP contribution in [0, 0.1) is 0 Å². The summed E-state index contributed by atoms with van der Waals surface area (Å²) in [5, 5.41) is 9.72. The van der Waals surface area contributed by atoms with Crippen molar-refractivity contribution in [2.24, 2.45) is 0 Å². The first-order chi connectivity index (χ1) is 7.34. The summed E-state index contributed by atoms with van der Waals surface area (Å²) in [7, 11) is 0. The minimum absolute atomic E-state index is 0.182. The average Bonchev–Trinajstić information content (AvgIpc) is 2.19. The third kappa shape index (κ3) is 2.99. The Kier molecular flexibility index (Phi) is 3.58. The Morgan fingerprint density at radius 2 is 2.00 bits per heavy atom. The van der Waals surface area contributed by atoms with Gasteiger partial charge in [-0.25, -0.2) is 0 Å². The van der Waals surface area contributed by atoms with Gasteiger partial charge in [0.25, 0.3) is 0 Å². The summed E-state index contributed by atoms with van der Waals surface area (Å²) < 4.78 is 5.10. The van der Waals surface area contributed by atoms with E-state index in [1.54, 1.807) is 25.1 Å². The van der Waals surface area contributed by atoms with Gasteiger partial charge in [0.05, 0.1) is 0 Å². The van der Waals surface area contributed by atoms with Crippen molar-refractivity contribution in [1.29, 1.82) is 0 Å². The van der Waals surface area contributed by atoms with Crippen LogP contribution >= 0.6 is 0 Å². The van der Waals surface area contributed by atoms with Crippen molar-refractivity contribution in [1.82, 2.24) is 0 Å². The lowest BCUT2D eigenvalue weighted by molar-refractivity contribution is -0.134.